The number of sulfonamides is 1. The Hall–Kier alpha value is -0.330. The van der Waals surface area contributed by atoms with Crippen molar-refractivity contribution in [3.63, 3.8) is 0 Å². The molecule has 2 atom stereocenters. The highest BCUT2D eigenvalue weighted by Gasteiger charge is 2.37. The monoisotopic (exact) mass is 336 g/mol. The summed E-state index contributed by atoms with van der Waals surface area (Å²) >= 11 is 12.1. The zero-order valence-electron chi connectivity index (χ0n) is 11.2. The van der Waals surface area contributed by atoms with Crippen LogP contribution >= 0.6 is 23.2 Å². The van der Waals surface area contributed by atoms with Crippen LogP contribution in [0.1, 0.15) is 19.8 Å². The minimum absolute atomic E-state index is 0.0173. The van der Waals surface area contributed by atoms with Gasteiger partial charge in [0.15, 0.2) is 0 Å². The van der Waals surface area contributed by atoms with Crippen LogP contribution in [0.3, 0.4) is 0 Å². The molecule has 0 radical (unpaired) electrons. The molecule has 20 heavy (non-hydrogen) atoms. The minimum atomic E-state index is -3.72. The van der Waals surface area contributed by atoms with Crippen LogP contribution in [0, 0.1) is 5.92 Å². The van der Waals surface area contributed by atoms with E-state index >= 15 is 0 Å². The molecule has 1 aromatic carbocycles. The molecular formula is C13H18Cl2N2O2S. The second-order valence-electron chi connectivity index (χ2n) is 5.19. The molecule has 2 unspecified atom stereocenters. The van der Waals surface area contributed by atoms with Crippen molar-refractivity contribution in [2.45, 2.75) is 30.7 Å². The third-order valence-corrected chi connectivity index (χ3v) is 6.59. The molecule has 1 heterocycles. The maximum Gasteiger partial charge on any atom is 0.246 e. The normalized spacial score (nSPS) is 24.8. The zero-order valence-corrected chi connectivity index (χ0v) is 13.5. The van der Waals surface area contributed by atoms with Crippen LogP contribution < -0.4 is 5.73 Å². The highest BCUT2D eigenvalue weighted by Crippen LogP contribution is 2.35. The van der Waals surface area contributed by atoms with Gasteiger partial charge in [-0.15, -0.1) is 0 Å². The number of halogens is 2. The lowest BCUT2D eigenvalue weighted by Crippen LogP contribution is -2.49. The Kier molecular flexibility index (Phi) is 4.97. The number of nitrogens with zero attached hydrogens (tertiary/aromatic N) is 1. The summed E-state index contributed by atoms with van der Waals surface area (Å²) in [6.07, 6.45) is 1.58. The molecule has 2 rings (SSSR count). The fraction of sp³-hybridized carbons (Fsp3) is 0.538. The number of rotatable bonds is 3. The SMILES string of the molecule is CC1CCN(S(=O)(=O)c2c(Cl)cccc2Cl)C(CN)C1. The molecule has 1 aliphatic heterocycles. The topological polar surface area (TPSA) is 63.4 Å². The van der Waals surface area contributed by atoms with Crippen molar-refractivity contribution in [2.24, 2.45) is 11.7 Å². The Morgan fingerprint density at radius 1 is 1.35 bits per heavy atom. The van der Waals surface area contributed by atoms with Gasteiger partial charge in [-0.05, 0) is 30.9 Å². The molecule has 112 valence electrons. The maximum absolute atomic E-state index is 12.8. The van der Waals surface area contributed by atoms with Gasteiger partial charge in [-0.2, -0.15) is 4.31 Å². The molecule has 0 amide bonds. The molecule has 0 aliphatic carbocycles. The summed E-state index contributed by atoms with van der Waals surface area (Å²) in [5.41, 5.74) is 5.73. The van der Waals surface area contributed by atoms with E-state index in [-0.39, 0.29) is 21.0 Å². The van der Waals surface area contributed by atoms with Crippen LogP contribution in [-0.2, 0) is 10.0 Å². The Morgan fingerprint density at radius 3 is 2.50 bits per heavy atom. The predicted molar refractivity (Wildman–Crippen MR) is 81.6 cm³/mol. The van der Waals surface area contributed by atoms with Gasteiger partial charge >= 0.3 is 0 Å². The molecule has 1 fully saturated rings. The van der Waals surface area contributed by atoms with E-state index in [1.54, 1.807) is 6.07 Å². The van der Waals surface area contributed by atoms with E-state index in [1.807, 2.05) is 0 Å². The first kappa shape index (κ1) is 16.0. The number of piperidine rings is 1. The predicted octanol–water partition coefficient (Wildman–Crippen LogP) is 2.74. The fourth-order valence-corrected chi connectivity index (χ4v) is 5.36. The quantitative estimate of drug-likeness (QED) is 0.922. The van der Waals surface area contributed by atoms with Crippen molar-refractivity contribution in [1.82, 2.24) is 4.31 Å². The summed E-state index contributed by atoms with van der Waals surface area (Å²) in [5.74, 6) is 0.469. The van der Waals surface area contributed by atoms with E-state index in [2.05, 4.69) is 6.92 Å². The Morgan fingerprint density at radius 2 is 1.95 bits per heavy atom. The first-order valence-corrected chi connectivity index (χ1v) is 8.73. The number of nitrogens with two attached hydrogens (primary N) is 1. The smallest absolute Gasteiger partial charge is 0.246 e. The first-order chi connectivity index (χ1) is 9.37. The lowest BCUT2D eigenvalue weighted by atomic mass is 9.94. The summed E-state index contributed by atoms with van der Waals surface area (Å²) in [4.78, 5) is -0.0173. The average Bonchev–Trinajstić information content (AvgIpc) is 2.37. The highest BCUT2D eigenvalue weighted by atomic mass is 35.5. The van der Waals surface area contributed by atoms with Gasteiger partial charge in [0, 0.05) is 19.1 Å². The van der Waals surface area contributed by atoms with Gasteiger partial charge in [0.2, 0.25) is 10.0 Å². The van der Waals surface area contributed by atoms with Gasteiger partial charge < -0.3 is 5.73 Å². The lowest BCUT2D eigenvalue weighted by Gasteiger charge is -2.37. The van der Waals surface area contributed by atoms with Crippen LogP contribution in [0.25, 0.3) is 0 Å². The van der Waals surface area contributed by atoms with Crippen molar-refractivity contribution in [2.75, 3.05) is 13.1 Å². The van der Waals surface area contributed by atoms with Gasteiger partial charge in [-0.3, -0.25) is 0 Å². The number of hydrogen-bond donors (Lipinski definition) is 1. The van der Waals surface area contributed by atoms with E-state index in [9.17, 15) is 8.42 Å². The molecule has 4 nitrogen and oxygen atoms in total. The van der Waals surface area contributed by atoms with Gasteiger partial charge in [-0.25, -0.2) is 8.42 Å². The van der Waals surface area contributed by atoms with Crippen molar-refractivity contribution < 1.29 is 8.42 Å². The van der Waals surface area contributed by atoms with E-state index < -0.39 is 10.0 Å². The van der Waals surface area contributed by atoms with Crippen molar-refractivity contribution in [3.05, 3.63) is 28.2 Å². The van der Waals surface area contributed by atoms with Crippen LogP contribution in [0.4, 0.5) is 0 Å². The van der Waals surface area contributed by atoms with E-state index in [0.29, 0.717) is 19.0 Å². The van der Waals surface area contributed by atoms with Gasteiger partial charge in [0.1, 0.15) is 4.90 Å². The molecule has 0 aromatic heterocycles. The molecule has 1 aromatic rings. The largest absolute Gasteiger partial charge is 0.329 e. The van der Waals surface area contributed by atoms with E-state index in [4.69, 9.17) is 28.9 Å². The summed E-state index contributed by atoms with van der Waals surface area (Å²) in [6, 6.07) is 4.49. The maximum atomic E-state index is 12.8. The Balaban J connectivity index is 2.44. The van der Waals surface area contributed by atoms with Crippen LogP contribution in [0.5, 0.6) is 0 Å². The van der Waals surface area contributed by atoms with E-state index in [1.165, 1.54) is 16.4 Å². The zero-order chi connectivity index (χ0) is 14.9. The fourth-order valence-electron chi connectivity index (χ4n) is 2.61. The standard InChI is InChI=1S/C13H18Cl2N2O2S/c1-9-5-6-17(10(7-9)8-16)20(18,19)13-11(14)3-2-4-12(13)15/h2-4,9-10H,5-8,16H2,1H3. The molecule has 0 bridgehead atoms. The molecule has 0 saturated carbocycles. The summed E-state index contributed by atoms with van der Waals surface area (Å²) in [6.45, 7) is 2.85. The van der Waals surface area contributed by atoms with Crippen LogP contribution in [-0.4, -0.2) is 31.9 Å². The average molecular weight is 337 g/mol. The molecule has 7 heteroatoms. The summed E-state index contributed by atoms with van der Waals surface area (Å²) in [7, 11) is -3.72. The Labute approximate surface area is 129 Å². The lowest BCUT2D eigenvalue weighted by molar-refractivity contribution is 0.211. The Bertz CT molecular complexity index is 572. The third kappa shape index (κ3) is 2.97. The third-order valence-electron chi connectivity index (χ3n) is 3.68. The number of benzene rings is 1. The van der Waals surface area contributed by atoms with Crippen molar-refractivity contribution >= 4 is 33.2 Å². The molecule has 1 saturated heterocycles. The van der Waals surface area contributed by atoms with Crippen molar-refractivity contribution in [1.29, 1.82) is 0 Å². The molecule has 0 spiro atoms. The summed E-state index contributed by atoms with van der Waals surface area (Å²) in [5, 5.41) is 0.291. The number of hydrogen-bond acceptors (Lipinski definition) is 3. The minimum Gasteiger partial charge on any atom is -0.329 e. The highest BCUT2D eigenvalue weighted by molar-refractivity contribution is 7.89. The van der Waals surface area contributed by atoms with Gasteiger partial charge in [-0.1, -0.05) is 36.2 Å². The second-order valence-corrected chi connectivity index (χ2v) is 7.83. The van der Waals surface area contributed by atoms with Crippen LogP contribution in [0.2, 0.25) is 10.0 Å². The van der Waals surface area contributed by atoms with Gasteiger partial charge in [0.25, 0.3) is 0 Å². The summed E-state index contributed by atoms with van der Waals surface area (Å²) < 4.78 is 27.1. The second kappa shape index (κ2) is 6.20. The van der Waals surface area contributed by atoms with Crippen LogP contribution in [0.15, 0.2) is 23.1 Å². The molecule has 2 N–H and O–H groups in total. The van der Waals surface area contributed by atoms with E-state index in [0.717, 1.165) is 12.8 Å². The van der Waals surface area contributed by atoms with Crippen molar-refractivity contribution in [3.8, 4) is 0 Å². The molecular weight excluding hydrogens is 319 g/mol. The molecule has 1 aliphatic rings. The van der Waals surface area contributed by atoms with Gasteiger partial charge in [0.05, 0.1) is 10.0 Å². The first-order valence-electron chi connectivity index (χ1n) is 6.54.